The summed E-state index contributed by atoms with van der Waals surface area (Å²) in [4.78, 5) is 4.64. The second-order valence-electron chi connectivity index (χ2n) is 5.67. The predicted octanol–water partition coefficient (Wildman–Crippen LogP) is 6.05. The number of rotatable bonds is 5. The molecule has 0 amide bonds. The predicted molar refractivity (Wildman–Crippen MR) is 106 cm³/mol. The number of nitrogens with zero attached hydrogens (tertiary/aromatic N) is 1. The van der Waals surface area contributed by atoms with E-state index in [4.69, 9.17) is 4.74 Å². The van der Waals surface area contributed by atoms with E-state index >= 15 is 0 Å². The second-order valence-corrected chi connectivity index (χ2v) is 6.73. The molecule has 0 saturated carbocycles. The fourth-order valence-electron chi connectivity index (χ4n) is 2.61. The van der Waals surface area contributed by atoms with Crippen molar-refractivity contribution in [3.05, 3.63) is 95.0 Å². The molecule has 1 aromatic heterocycles. The van der Waals surface area contributed by atoms with Gasteiger partial charge in [0.25, 0.3) is 0 Å². The molecule has 0 aliphatic heterocycles. The van der Waals surface area contributed by atoms with Crippen LogP contribution in [-0.4, -0.2) is 4.98 Å². The van der Waals surface area contributed by atoms with E-state index in [2.05, 4.69) is 41.4 Å². The lowest BCUT2D eigenvalue weighted by Crippen LogP contribution is -1.96. The first-order valence-corrected chi connectivity index (χ1v) is 8.99. The van der Waals surface area contributed by atoms with Gasteiger partial charge in [-0.3, -0.25) is 0 Å². The maximum absolute atomic E-state index is 6.00. The smallest absolute Gasteiger partial charge is 0.127 e. The van der Waals surface area contributed by atoms with Gasteiger partial charge >= 0.3 is 0 Å². The number of aromatic nitrogens is 1. The number of hydrogen-bond acceptors (Lipinski definition) is 3. The van der Waals surface area contributed by atoms with Crippen LogP contribution in [0.1, 0.15) is 16.1 Å². The molecule has 0 bridgehead atoms. The number of benzene rings is 3. The highest BCUT2D eigenvalue weighted by molar-refractivity contribution is 7.19. The molecule has 3 aromatic carbocycles. The van der Waals surface area contributed by atoms with Gasteiger partial charge in [-0.2, -0.15) is 0 Å². The molecule has 0 radical (unpaired) electrons. The van der Waals surface area contributed by atoms with E-state index in [-0.39, 0.29) is 0 Å². The van der Waals surface area contributed by atoms with E-state index in [0.717, 1.165) is 27.4 Å². The SMILES string of the molecule is C(=C\c1ccccc1OCc1ccccc1)/c1nc2ccccc2s1. The van der Waals surface area contributed by atoms with Crippen molar-refractivity contribution in [2.24, 2.45) is 0 Å². The van der Waals surface area contributed by atoms with E-state index in [9.17, 15) is 0 Å². The van der Waals surface area contributed by atoms with E-state index in [1.807, 2.05) is 54.6 Å². The van der Waals surface area contributed by atoms with Crippen LogP contribution in [0.3, 0.4) is 0 Å². The molecule has 3 heteroatoms. The van der Waals surface area contributed by atoms with Gasteiger partial charge in [0.2, 0.25) is 0 Å². The highest BCUT2D eigenvalue weighted by atomic mass is 32.1. The maximum Gasteiger partial charge on any atom is 0.127 e. The monoisotopic (exact) mass is 343 g/mol. The molecule has 25 heavy (non-hydrogen) atoms. The highest BCUT2D eigenvalue weighted by Crippen LogP contribution is 2.25. The number of ether oxygens (including phenoxy) is 1. The summed E-state index contributed by atoms with van der Waals surface area (Å²) < 4.78 is 7.21. The third kappa shape index (κ3) is 3.78. The first kappa shape index (κ1) is 15.6. The van der Waals surface area contributed by atoms with Crippen LogP contribution >= 0.6 is 11.3 Å². The van der Waals surface area contributed by atoms with E-state index in [1.165, 1.54) is 4.70 Å². The summed E-state index contributed by atoms with van der Waals surface area (Å²) in [6.07, 6.45) is 4.12. The van der Waals surface area contributed by atoms with Crippen LogP contribution in [0.4, 0.5) is 0 Å². The van der Waals surface area contributed by atoms with Crippen molar-refractivity contribution in [1.82, 2.24) is 4.98 Å². The van der Waals surface area contributed by atoms with Crippen LogP contribution in [0.5, 0.6) is 5.75 Å². The molecule has 0 saturated heterocycles. The minimum Gasteiger partial charge on any atom is -0.488 e. The molecule has 0 aliphatic carbocycles. The van der Waals surface area contributed by atoms with Gasteiger partial charge in [-0.05, 0) is 35.9 Å². The van der Waals surface area contributed by atoms with Gasteiger partial charge in [0, 0.05) is 5.56 Å². The Labute approximate surface area is 151 Å². The van der Waals surface area contributed by atoms with Crippen molar-refractivity contribution < 1.29 is 4.74 Å². The Morgan fingerprint density at radius 3 is 2.44 bits per heavy atom. The topological polar surface area (TPSA) is 22.1 Å². The number of hydrogen-bond donors (Lipinski definition) is 0. The number of thiazole rings is 1. The Balaban J connectivity index is 1.54. The van der Waals surface area contributed by atoms with Crippen LogP contribution < -0.4 is 4.74 Å². The summed E-state index contributed by atoms with van der Waals surface area (Å²) in [5, 5.41) is 0.999. The summed E-state index contributed by atoms with van der Waals surface area (Å²) in [5.41, 5.74) is 3.26. The summed E-state index contributed by atoms with van der Waals surface area (Å²) in [6, 6.07) is 26.5. The molecular weight excluding hydrogens is 326 g/mol. The molecule has 0 atom stereocenters. The quantitative estimate of drug-likeness (QED) is 0.440. The average Bonchev–Trinajstić information content (AvgIpc) is 3.09. The average molecular weight is 343 g/mol. The largest absolute Gasteiger partial charge is 0.488 e. The summed E-state index contributed by atoms with van der Waals surface area (Å²) >= 11 is 1.69. The first-order valence-electron chi connectivity index (χ1n) is 8.18. The fourth-order valence-corrected chi connectivity index (χ4v) is 3.48. The Hall–Kier alpha value is -2.91. The van der Waals surface area contributed by atoms with Gasteiger partial charge in [0.15, 0.2) is 0 Å². The molecule has 4 aromatic rings. The van der Waals surface area contributed by atoms with Crippen molar-refractivity contribution in [2.75, 3.05) is 0 Å². The molecule has 2 nitrogen and oxygen atoms in total. The van der Waals surface area contributed by atoms with Crippen molar-refractivity contribution in [3.63, 3.8) is 0 Å². The molecule has 0 unspecified atom stereocenters. The highest BCUT2D eigenvalue weighted by Gasteiger charge is 2.03. The molecule has 122 valence electrons. The van der Waals surface area contributed by atoms with Gasteiger partial charge < -0.3 is 4.74 Å². The summed E-state index contributed by atoms with van der Waals surface area (Å²) in [5.74, 6) is 0.878. The maximum atomic E-state index is 6.00. The zero-order valence-electron chi connectivity index (χ0n) is 13.6. The Kier molecular flexibility index (Phi) is 4.57. The van der Waals surface area contributed by atoms with Crippen molar-refractivity contribution in [1.29, 1.82) is 0 Å². The van der Waals surface area contributed by atoms with Crippen LogP contribution in [0.25, 0.3) is 22.4 Å². The van der Waals surface area contributed by atoms with E-state index in [1.54, 1.807) is 11.3 Å². The summed E-state index contributed by atoms with van der Waals surface area (Å²) in [6.45, 7) is 0.562. The lowest BCUT2D eigenvalue weighted by atomic mass is 10.2. The molecule has 1 heterocycles. The zero-order valence-corrected chi connectivity index (χ0v) is 14.4. The fraction of sp³-hybridized carbons (Fsp3) is 0.0455. The lowest BCUT2D eigenvalue weighted by molar-refractivity contribution is 0.305. The molecular formula is C22H17NOS. The molecule has 0 fully saturated rings. The Bertz CT molecular complexity index is 972. The summed E-state index contributed by atoms with van der Waals surface area (Å²) in [7, 11) is 0. The minimum atomic E-state index is 0.562. The third-order valence-electron chi connectivity index (χ3n) is 3.87. The first-order chi connectivity index (χ1) is 12.4. The molecule has 4 rings (SSSR count). The Morgan fingerprint density at radius 2 is 1.56 bits per heavy atom. The standard InChI is InChI=1S/C22H17NOS/c1-2-8-17(9-3-1)16-24-20-12-6-4-10-18(20)14-15-22-23-19-11-5-7-13-21(19)25-22/h1-15H,16H2/b15-14+. The van der Waals surface area contributed by atoms with Gasteiger partial charge in [0.05, 0.1) is 10.2 Å². The normalized spacial score (nSPS) is 11.2. The van der Waals surface area contributed by atoms with Crippen LogP contribution in [0.15, 0.2) is 78.9 Å². The number of fused-ring (bicyclic) bond motifs is 1. The van der Waals surface area contributed by atoms with E-state index in [0.29, 0.717) is 6.61 Å². The lowest BCUT2D eigenvalue weighted by Gasteiger charge is -2.09. The van der Waals surface area contributed by atoms with Crippen molar-refractivity contribution in [3.8, 4) is 5.75 Å². The van der Waals surface area contributed by atoms with Gasteiger partial charge in [0.1, 0.15) is 17.4 Å². The third-order valence-corrected chi connectivity index (χ3v) is 4.87. The van der Waals surface area contributed by atoms with Crippen LogP contribution in [0.2, 0.25) is 0 Å². The Morgan fingerprint density at radius 1 is 0.800 bits per heavy atom. The van der Waals surface area contributed by atoms with Gasteiger partial charge in [-0.15, -0.1) is 11.3 Å². The molecule has 0 spiro atoms. The van der Waals surface area contributed by atoms with Gasteiger partial charge in [-0.1, -0.05) is 60.7 Å². The second kappa shape index (κ2) is 7.32. The van der Waals surface area contributed by atoms with Crippen LogP contribution in [-0.2, 0) is 6.61 Å². The number of para-hydroxylation sites is 2. The molecule has 0 aliphatic rings. The van der Waals surface area contributed by atoms with Gasteiger partial charge in [-0.25, -0.2) is 4.98 Å². The van der Waals surface area contributed by atoms with E-state index < -0.39 is 0 Å². The molecule has 0 N–H and O–H groups in total. The van der Waals surface area contributed by atoms with Crippen molar-refractivity contribution >= 4 is 33.7 Å². The van der Waals surface area contributed by atoms with Crippen LogP contribution in [0, 0.1) is 0 Å². The van der Waals surface area contributed by atoms with Crippen molar-refractivity contribution in [2.45, 2.75) is 6.61 Å². The zero-order chi connectivity index (χ0) is 16.9. The minimum absolute atomic E-state index is 0.562.